The quantitative estimate of drug-likeness (QED) is 0.140. The Labute approximate surface area is 529 Å². The highest BCUT2D eigenvalue weighted by atomic mass is 15.2. The van der Waals surface area contributed by atoms with Gasteiger partial charge >= 0.3 is 0 Å². The molecule has 432 valence electrons. The van der Waals surface area contributed by atoms with Crippen LogP contribution in [-0.4, -0.2) is 0 Å². The lowest BCUT2D eigenvalue weighted by Gasteiger charge is -2.33. The highest BCUT2D eigenvalue weighted by Gasteiger charge is 2.40. The van der Waals surface area contributed by atoms with Gasteiger partial charge in [0, 0.05) is 45.0 Å². The zero-order chi connectivity index (χ0) is 60.2. The van der Waals surface area contributed by atoms with Crippen LogP contribution in [0, 0.1) is 0 Å². The number of fused-ring (bicyclic) bond motifs is 13. The number of allylic oxidation sites excluding steroid dienone is 6. The maximum Gasteiger partial charge on any atom is 0.0465 e. The van der Waals surface area contributed by atoms with Crippen molar-refractivity contribution in [1.82, 2.24) is 0 Å². The average molecular weight is 1160 g/mol. The van der Waals surface area contributed by atoms with Gasteiger partial charge in [0.25, 0.3) is 0 Å². The van der Waals surface area contributed by atoms with E-state index in [0.717, 1.165) is 49.9 Å². The number of nitrogens with zero attached hydrogens (tertiary/aromatic N) is 2. The standard InChI is InChI=1S/C88H70N2/c1-87(2)82-53-63(37-44-74(82)76-46-42-70(55-84(76)87)89(66-28-10-8-6-5-7-9-11-29-66)67-39-34-57-22-12-15-25-60(57)48-67)80-51-65-52-81(73-31-19-21-33-79(73)86(65)78-32-20-18-30-72(78)80)64-38-45-75-77-47-43-71(56-85(77)88(3,4)83(75)54-64)90(68-40-35-58-23-13-16-26-61(58)49-68)69-41-36-59-24-14-17-27-62(59)50-69/h5-14,16-17,19-24,26-29,31-42,44-46,48-56H,15,18,25,30,43,47H2,1-4H3. The monoisotopic (exact) mass is 1150 g/mol. The second-order valence-electron chi connectivity index (χ2n) is 26.5. The van der Waals surface area contributed by atoms with Crippen LogP contribution in [-0.2, 0) is 23.7 Å². The molecule has 5 aliphatic rings. The van der Waals surface area contributed by atoms with Crippen molar-refractivity contribution < 1.29 is 0 Å². The number of anilines is 5. The van der Waals surface area contributed by atoms with Crippen LogP contribution in [0.25, 0.3) is 94.2 Å². The van der Waals surface area contributed by atoms with Crippen LogP contribution in [0.15, 0.2) is 278 Å². The molecule has 0 heterocycles. The molecule has 17 rings (SSSR count). The van der Waals surface area contributed by atoms with Crippen molar-refractivity contribution in [2.75, 3.05) is 9.80 Å². The van der Waals surface area contributed by atoms with Crippen LogP contribution in [0.4, 0.5) is 28.4 Å². The van der Waals surface area contributed by atoms with Crippen LogP contribution < -0.4 is 9.80 Å². The summed E-state index contributed by atoms with van der Waals surface area (Å²) in [5.41, 5.74) is 28.5. The van der Waals surface area contributed by atoms with E-state index in [1.54, 1.807) is 0 Å². The highest BCUT2D eigenvalue weighted by molar-refractivity contribution is 6.18. The fourth-order valence-electron chi connectivity index (χ4n) is 16.1. The van der Waals surface area contributed by atoms with E-state index in [1.165, 1.54) is 155 Å². The van der Waals surface area contributed by atoms with Crippen LogP contribution in [0.3, 0.4) is 0 Å². The Bertz CT molecular complexity index is 5110. The smallest absolute Gasteiger partial charge is 0.0465 e. The normalized spacial score (nSPS) is 15.4. The molecule has 0 saturated carbocycles. The Morgan fingerprint density at radius 3 is 1.62 bits per heavy atom. The summed E-state index contributed by atoms with van der Waals surface area (Å²) in [6.07, 6.45) is 18.0. The predicted octanol–water partition coefficient (Wildman–Crippen LogP) is 24.0. The fraction of sp³-hybridized carbons (Fsp3) is 0.136. The van der Waals surface area contributed by atoms with Gasteiger partial charge in [0.1, 0.15) is 0 Å². The minimum absolute atomic E-state index is 0.217. The summed E-state index contributed by atoms with van der Waals surface area (Å²) in [6.45, 7) is 9.79. The first-order valence-electron chi connectivity index (χ1n) is 32.5. The van der Waals surface area contributed by atoms with Gasteiger partial charge in [0.15, 0.2) is 0 Å². The second-order valence-corrected chi connectivity index (χ2v) is 26.5. The largest absolute Gasteiger partial charge is 0.314 e. The fourth-order valence-corrected chi connectivity index (χ4v) is 16.1. The molecular weight excluding hydrogens is 1080 g/mol. The van der Waals surface area contributed by atoms with Gasteiger partial charge in [-0.2, -0.15) is 0 Å². The van der Waals surface area contributed by atoms with E-state index < -0.39 is 0 Å². The Hall–Kier alpha value is -10.3. The van der Waals surface area contributed by atoms with Gasteiger partial charge in [-0.1, -0.05) is 216 Å². The maximum absolute atomic E-state index is 2.55. The molecule has 0 unspecified atom stereocenters. The lowest BCUT2D eigenvalue weighted by Crippen LogP contribution is -2.22. The Balaban J connectivity index is 0.748. The molecule has 0 aromatic heterocycles. The number of benzene rings is 11. The zero-order valence-electron chi connectivity index (χ0n) is 51.7. The predicted molar refractivity (Wildman–Crippen MR) is 384 cm³/mol. The van der Waals surface area contributed by atoms with Crippen molar-refractivity contribution in [2.24, 2.45) is 0 Å². The summed E-state index contributed by atoms with van der Waals surface area (Å²) in [5.74, 6) is 0. The van der Waals surface area contributed by atoms with E-state index in [2.05, 4.69) is 317 Å². The van der Waals surface area contributed by atoms with Crippen LogP contribution in [0.1, 0.15) is 97.9 Å². The van der Waals surface area contributed by atoms with Crippen molar-refractivity contribution in [3.8, 4) is 33.4 Å². The van der Waals surface area contributed by atoms with Crippen LogP contribution in [0.5, 0.6) is 0 Å². The summed E-state index contributed by atoms with van der Waals surface area (Å²) in [6, 6.07) is 93.9. The number of rotatable bonds is 8. The van der Waals surface area contributed by atoms with Crippen LogP contribution in [0.2, 0.25) is 0 Å². The van der Waals surface area contributed by atoms with Gasteiger partial charge in [-0.25, -0.2) is 0 Å². The minimum Gasteiger partial charge on any atom is -0.314 e. The molecule has 0 radical (unpaired) electrons. The lowest BCUT2D eigenvalue weighted by molar-refractivity contribution is 0.649. The first-order chi connectivity index (χ1) is 44.1. The lowest BCUT2D eigenvalue weighted by atomic mass is 9.78. The van der Waals surface area contributed by atoms with Gasteiger partial charge in [-0.05, 0) is 262 Å². The first-order valence-corrected chi connectivity index (χ1v) is 32.5. The van der Waals surface area contributed by atoms with E-state index in [4.69, 9.17) is 0 Å². The molecule has 0 fully saturated rings. The van der Waals surface area contributed by atoms with E-state index in [0.29, 0.717) is 0 Å². The van der Waals surface area contributed by atoms with Gasteiger partial charge in [-0.3, -0.25) is 0 Å². The highest BCUT2D eigenvalue weighted by Crippen LogP contribution is 2.56. The number of hydrogen-bond acceptors (Lipinski definition) is 2. The molecule has 2 heteroatoms. The average Bonchev–Trinajstić information content (AvgIpc) is 1.39. The summed E-state index contributed by atoms with van der Waals surface area (Å²) < 4.78 is 0. The number of hydrogen-bond donors (Lipinski definition) is 0. The van der Waals surface area contributed by atoms with Gasteiger partial charge in [-0.15, -0.1) is 0 Å². The third-order valence-corrected chi connectivity index (χ3v) is 20.6. The van der Waals surface area contributed by atoms with Crippen molar-refractivity contribution in [1.29, 1.82) is 0 Å². The second kappa shape index (κ2) is 21.2. The molecule has 5 aliphatic carbocycles. The van der Waals surface area contributed by atoms with E-state index >= 15 is 0 Å². The molecule has 0 bridgehead atoms. The number of aryl methyl sites for hydroxylation is 1. The summed E-state index contributed by atoms with van der Waals surface area (Å²) in [5, 5.41) is 10.3. The minimum atomic E-state index is -0.252. The van der Waals surface area contributed by atoms with Gasteiger partial charge < -0.3 is 9.80 Å². The maximum atomic E-state index is 2.55. The molecule has 12 aromatic carbocycles. The Morgan fingerprint density at radius 1 is 0.344 bits per heavy atom. The van der Waals surface area contributed by atoms with Crippen molar-refractivity contribution in [2.45, 2.75) is 77.0 Å². The molecule has 0 saturated heterocycles. The van der Waals surface area contributed by atoms with Crippen molar-refractivity contribution in [3.63, 3.8) is 0 Å². The Kier molecular flexibility index (Phi) is 12.7. The summed E-state index contributed by atoms with van der Waals surface area (Å²) in [4.78, 5) is 4.98. The molecule has 2 nitrogen and oxygen atoms in total. The van der Waals surface area contributed by atoms with Gasteiger partial charge in [0.05, 0.1) is 0 Å². The summed E-state index contributed by atoms with van der Waals surface area (Å²) >= 11 is 0. The Morgan fingerprint density at radius 2 is 0.889 bits per heavy atom. The zero-order valence-corrected chi connectivity index (χ0v) is 51.7. The molecule has 0 spiro atoms. The molecule has 90 heavy (non-hydrogen) atoms. The molecule has 0 aliphatic heterocycles. The summed E-state index contributed by atoms with van der Waals surface area (Å²) in [7, 11) is 0. The molecular formula is C88H70N2. The molecule has 0 atom stereocenters. The topological polar surface area (TPSA) is 6.48 Å². The van der Waals surface area contributed by atoms with E-state index in [9.17, 15) is 0 Å². The van der Waals surface area contributed by atoms with E-state index in [-0.39, 0.29) is 10.8 Å². The molecule has 0 amide bonds. The van der Waals surface area contributed by atoms with Gasteiger partial charge in [0.2, 0.25) is 0 Å². The third kappa shape index (κ3) is 8.82. The van der Waals surface area contributed by atoms with Crippen molar-refractivity contribution >= 4 is 89.3 Å². The SMILES string of the molecule is CC1(C)C2=C(CCC(N(c3ccc4ccccc4c3)c3ccc4ccccc4c3)=C2)c2ccc(-c3cc4cc(-c5ccc6c(c5)C(C)(C)c5cc(N(c7ccccccccc7)c7ccc8c(c7)CCC=C8)ccc5-6)c5c(c4c4ccccc34)C=CCC5)cc21. The van der Waals surface area contributed by atoms with Crippen LogP contribution >= 0.6 is 0 Å². The third-order valence-electron chi connectivity index (χ3n) is 20.6. The molecule has 12 aromatic rings. The first kappa shape index (κ1) is 53.9. The van der Waals surface area contributed by atoms with E-state index in [1.807, 2.05) is 0 Å². The molecule has 0 N–H and O–H groups in total. The van der Waals surface area contributed by atoms with Crippen molar-refractivity contribution in [3.05, 3.63) is 323 Å².